The maximum absolute atomic E-state index is 9.99. The minimum absolute atomic E-state index is 0.315. The van der Waals surface area contributed by atoms with Crippen LogP contribution in [0.5, 0.6) is 0 Å². The standard InChI is InChI=1S/C19H38O3/c1-2-3-4-5-6-7-8-9-10-11-12-13-14-15-16-17-19(21)22-18-20/h18-19,21H,2-17H2,1H3. The van der Waals surface area contributed by atoms with Crippen LogP contribution in [0.25, 0.3) is 0 Å². The van der Waals surface area contributed by atoms with Crippen LogP contribution in [-0.4, -0.2) is 17.9 Å². The molecule has 0 spiro atoms. The first-order valence-electron chi connectivity index (χ1n) is 9.58. The van der Waals surface area contributed by atoms with Gasteiger partial charge in [-0.3, -0.25) is 4.79 Å². The molecule has 0 saturated heterocycles. The maximum Gasteiger partial charge on any atom is 0.295 e. The second-order valence-corrected chi connectivity index (χ2v) is 6.43. The molecule has 0 saturated carbocycles. The van der Waals surface area contributed by atoms with E-state index in [-0.39, 0.29) is 0 Å². The van der Waals surface area contributed by atoms with E-state index in [0.717, 1.165) is 12.8 Å². The van der Waals surface area contributed by atoms with Crippen molar-refractivity contribution in [3.63, 3.8) is 0 Å². The molecule has 3 nitrogen and oxygen atoms in total. The first-order chi connectivity index (χ1) is 10.8. The van der Waals surface area contributed by atoms with Gasteiger partial charge in [0.05, 0.1) is 0 Å². The fourth-order valence-corrected chi connectivity index (χ4v) is 2.82. The quantitative estimate of drug-likeness (QED) is 0.199. The second kappa shape index (κ2) is 18.5. The van der Waals surface area contributed by atoms with Crippen LogP contribution >= 0.6 is 0 Å². The number of carbonyl (C=O) groups excluding carboxylic acids is 1. The van der Waals surface area contributed by atoms with Gasteiger partial charge in [0.1, 0.15) is 0 Å². The summed E-state index contributed by atoms with van der Waals surface area (Å²) in [6.07, 6.45) is 19.6. The molecule has 0 fully saturated rings. The van der Waals surface area contributed by atoms with E-state index in [1.54, 1.807) is 0 Å². The lowest BCUT2D eigenvalue weighted by Gasteiger charge is -2.07. The molecule has 0 rings (SSSR count). The van der Waals surface area contributed by atoms with Crippen molar-refractivity contribution >= 4 is 6.47 Å². The van der Waals surface area contributed by atoms with Crippen molar-refractivity contribution in [3.05, 3.63) is 0 Å². The summed E-state index contributed by atoms with van der Waals surface area (Å²) in [6, 6.07) is 0. The van der Waals surface area contributed by atoms with Gasteiger partial charge < -0.3 is 9.84 Å². The average Bonchev–Trinajstić information content (AvgIpc) is 2.51. The molecule has 0 aliphatic heterocycles. The summed E-state index contributed by atoms with van der Waals surface area (Å²) >= 11 is 0. The molecule has 3 heteroatoms. The van der Waals surface area contributed by atoms with E-state index in [1.165, 1.54) is 83.5 Å². The topological polar surface area (TPSA) is 46.5 Å². The van der Waals surface area contributed by atoms with E-state index < -0.39 is 6.29 Å². The van der Waals surface area contributed by atoms with Crippen LogP contribution in [-0.2, 0) is 9.53 Å². The fourth-order valence-electron chi connectivity index (χ4n) is 2.82. The van der Waals surface area contributed by atoms with Crippen molar-refractivity contribution in [3.8, 4) is 0 Å². The highest BCUT2D eigenvalue weighted by Gasteiger charge is 2.02. The minimum atomic E-state index is -0.903. The minimum Gasteiger partial charge on any atom is -0.438 e. The zero-order valence-corrected chi connectivity index (χ0v) is 14.7. The third-order valence-electron chi connectivity index (χ3n) is 4.27. The molecule has 0 aromatic rings. The van der Waals surface area contributed by atoms with E-state index in [9.17, 15) is 9.90 Å². The second-order valence-electron chi connectivity index (χ2n) is 6.43. The largest absolute Gasteiger partial charge is 0.438 e. The number of aliphatic hydroxyl groups is 1. The van der Waals surface area contributed by atoms with Crippen molar-refractivity contribution in [1.82, 2.24) is 0 Å². The highest BCUT2D eigenvalue weighted by atomic mass is 16.6. The highest BCUT2D eigenvalue weighted by molar-refractivity contribution is 5.37. The number of hydrogen-bond donors (Lipinski definition) is 1. The van der Waals surface area contributed by atoms with Gasteiger partial charge in [-0.1, -0.05) is 96.8 Å². The molecule has 1 unspecified atom stereocenters. The number of carbonyl (C=O) groups is 1. The Morgan fingerprint density at radius 1 is 0.727 bits per heavy atom. The van der Waals surface area contributed by atoms with Crippen LogP contribution in [0.4, 0.5) is 0 Å². The van der Waals surface area contributed by atoms with Crippen molar-refractivity contribution in [2.45, 2.75) is 116 Å². The number of hydrogen-bond acceptors (Lipinski definition) is 3. The summed E-state index contributed by atoms with van der Waals surface area (Å²) in [6.45, 7) is 2.58. The van der Waals surface area contributed by atoms with Gasteiger partial charge >= 0.3 is 0 Å². The lowest BCUT2D eigenvalue weighted by atomic mass is 10.0. The van der Waals surface area contributed by atoms with Crippen LogP contribution in [0.3, 0.4) is 0 Å². The van der Waals surface area contributed by atoms with Crippen molar-refractivity contribution in [2.24, 2.45) is 0 Å². The van der Waals surface area contributed by atoms with Gasteiger partial charge in [-0.2, -0.15) is 0 Å². The number of rotatable bonds is 18. The normalized spacial score (nSPS) is 12.3. The molecule has 0 bridgehead atoms. The van der Waals surface area contributed by atoms with Gasteiger partial charge in [-0.05, 0) is 6.42 Å². The number of aliphatic hydroxyl groups excluding tert-OH is 1. The summed E-state index contributed by atoms with van der Waals surface area (Å²) in [4.78, 5) is 9.99. The molecule has 0 aliphatic rings. The average molecular weight is 315 g/mol. The third kappa shape index (κ3) is 17.5. The van der Waals surface area contributed by atoms with Crippen LogP contribution in [0.1, 0.15) is 110 Å². The molecule has 0 aliphatic carbocycles. The van der Waals surface area contributed by atoms with Gasteiger partial charge in [0.25, 0.3) is 6.47 Å². The SMILES string of the molecule is CCCCCCCCCCCCCCCCCC(O)OC=O. The van der Waals surface area contributed by atoms with Gasteiger partial charge in [-0.25, -0.2) is 0 Å². The molecule has 1 N–H and O–H groups in total. The van der Waals surface area contributed by atoms with E-state index in [4.69, 9.17) is 0 Å². The third-order valence-corrected chi connectivity index (χ3v) is 4.27. The van der Waals surface area contributed by atoms with Crippen LogP contribution in [0, 0.1) is 0 Å². The molecule has 22 heavy (non-hydrogen) atoms. The van der Waals surface area contributed by atoms with Crippen LogP contribution < -0.4 is 0 Å². The monoisotopic (exact) mass is 314 g/mol. The molecule has 0 aromatic carbocycles. The molecule has 132 valence electrons. The van der Waals surface area contributed by atoms with E-state index in [2.05, 4.69) is 11.7 Å². The predicted octanol–water partition coefficient (Wildman–Crippen LogP) is 5.74. The summed E-state index contributed by atoms with van der Waals surface area (Å²) in [5.41, 5.74) is 0. The van der Waals surface area contributed by atoms with E-state index in [0.29, 0.717) is 12.9 Å². The first kappa shape index (κ1) is 21.4. The molecule has 0 aromatic heterocycles. The molecular formula is C19H38O3. The van der Waals surface area contributed by atoms with Gasteiger partial charge in [0.2, 0.25) is 0 Å². The molecule has 0 radical (unpaired) electrons. The van der Waals surface area contributed by atoms with Crippen LogP contribution in [0.15, 0.2) is 0 Å². The predicted molar refractivity (Wildman–Crippen MR) is 92.7 cm³/mol. The number of ether oxygens (including phenoxy) is 1. The Morgan fingerprint density at radius 2 is 1.09 bits per heavy atom. The molecule has 1 atom stereocenters. The summed E-state index contributed by atoms with van der Waals surface area (Å²) < 4.78 is 4.44. The lowest BCUT2D eigenvalue weighted by Crippen LogP contribution is -2.09. The van der Waals surface area contributed by atoms with Gasteiger partial charge in [0.15, 0.2) is 6.29 Å². The van der Waals surface area contributed by atoms with Gasteiger partial charge in [-0.15, -0.1) is 0 Å². The fraction of sp³-hybridized carbons (Fsp3) is 0.947. The Kier molecular flexibility index (Phi) is 18.0. The Balaban J connectivity index is 3.01. The maximum atomic E-state index is 9.99. The summed E-state index contributed by atoms with van der Waals surface area (Å²) in [5, 5.41) is 9.20. The first-order valence-corrected chi connectivity index (χ1v) is 9.58. The van der Waals surface area contributed by atoms with Crippen LogP contribution in [0.2, 0.25) is 0 Å². The summed E-state index contributed by atoms with van der Waals surface area (Å²) in [5.74, 6) is 0. The van der Waals surface area contributed by atoms with E-state index in [1.807, 2.05) is 0 Å². The molecule has 0 heterocycles. The highest BCUT2D eigenvalue weighted by Crippen LogP contribution is 2.14. The number of unbranched alkanes of at least 4 members (excludes halogenated alkanes) is 14. The van der Waals surface area contributed by atoms with E-state index >= 15 is 0 Å². The van der Waals surface area contributed by atoms with Crippen molar-refractivity contribution in [2.75, 3.05) is 0 Å². The van der Waals surface area contributed by atoms with Crippen molar-refractivity contribution < 1.29 is 14.6 Å². The summed E-state index contributed by atoms with van der Waals surface area (Å²) in [7, 11) is 0. The zero-order valence-electron chi connectivity index (χ0n) is 14.7. The Morgan fingerprint density at radius 3 is 1.45 bits per heavy atom. The zero-order chi connectivity index (χ0) is 16.3. The van der Waals surface area contributed by atoms with Crippen molar-refractivity contribution in [1.29, 1.82) is 0 Å². The van der Waals surface area contributed by atoms with Gasteiger partial charge in [0, 0.05) is 6.42 Å². The Bertz CT molecular complexity index is 219. The molecular weight excluding hydrogens is 276 g/mol. The molecule has 0 amide bonds. The Labute approximate surface area is 137 Å². The lowest BCUT2D eigenvalue weighted by molar-refractivity contribution is -0.152. The smallest absolute Gasteiger partial charge is 0.295 e. The Hall–Kier alpha value is -0.570.